The molecular weight excluding hydrogens is 391 g/mol. The molecular formula is C22H27FN2O3S. The van der Waals surface area contributed by atoms with Crippen molar-refractivity contribution in [3.63, 3.8) is 0 Å². The molecule has 2 aromatic carbocycles. The molecule has 1 N–H and O–H groups in total. The van der Waals surface area contributed by atoms with Crippen LogP contribution in [0.2, 0.25) is 0 Å². The summed E-state index contributed by atoms with van der Waals surface area (Å²) in [5.74, 6) is -0.501. The average molecular weight is 419 g/mol. The topological polar surface area (TPSA) is 60.9 Å². The lowest BCUT2D eigenvalue weighted by atomic mass is 9.74. The second kappa shape index (κ2) is 7.80. The lowest BCUT2D eigenvalue weighted by Gasteiger charge is -2.42. The molecule has 0 amide bonds. The molecule has 7 heteroatoms. The Kier molecular flexibility index (Phi) is 5.50. The van der Waals surface area contributed by atoms with Crippen molar-refractivity contribution in [3.05, 3.63) is 65.5 Å². The fraction of sp³-hybridized carbons (Fsp3) is 0.455. The van der Waals surface area contributed by atoms with E-state index in [1.807, 2.05) is 18.2 Å². The predicted molar refractivity (Wildman–Crippen MR) is 109 cm³/mol. The molecule has 156 valence electrons. The summed E-state index contributed by atoms with van der Waals surface area (Å²) in [6.07, 6.45) is 0.604. The average Bonchev–Trinajstić information content (AvgIpc) is 3.08. The number of aliphatic hydroxyl groups excluding tert-OH is 1. The first-order valence-corrected chi connectivity index (χ1v) is 11.4. The molecule has 2 aliphatic heterocycles. The molecule has 2 heterocycles. The zero-order chi connectivity index (χ0) is 20.6. The number of sulfonamides is 1. The SMILES string of the molecule is Cc1ccc(F)cc1S(=O)(=O)N1CCC2(CO)CN(Cc3ccccc3)CC2C1. The molecule has 2 aliphatic rings. The first-order valence-electron chi connectivity index (χ1n) is 9.97. The minimum Gasteiger partial charge on any atom is -0.396 e. The van der Waals surface area contributed by atoms with E-state index in [9.17, 15) is 17.9 Å². The first kappa shape index (κ1) is 20.5. The van der Waals surface area contributed by atoms with Gasteiger partial charge in [-0.1, -0.05) is 36.4 Å². The number of benzene rings is 2. The van der Waals surface area contributed by atoms with Crippen molar-refractivity contribution in [2.75, 3.05) is 32.8 Å². The van der Waals surface area contributed by atoms with Gasteiger partial charge in [0.05, 0.1) is 11.5 Å². The Hall–Kier alpha value is -1.80. The molecule has 2 saturated heterocycles. The minimum atomic E-state index is -3.77. The molecule has 5 nitrogen and oxygen atoms in total. The second-order valence-corrected chi connectivity index (χ2v) is 10.3. The van der Waals surface area contributed by atoms with Crippen LogP contribution in [0.5, 0.6) is 0 Å². The van der Waals surface area contributed by atoms with E-state index in [-0.39, 0.29) is 22.8 Å². The normalized spacial score (nSPS) is 25.8. The van der Waals surface area contributed by atoms with Gasteiger partial charge in [0, 0.05) is 38.1 Å². The largest absolute Gasteiger partial charge is 0.396 e. The zero-order valence-electron chi connectivity index (χ0n) is 16.6. The van der Waals surface area contributed by atoms with Crippen LogP contribution >= 0.6 is 0 Å². The third-order valence-corrected chi connectivity index (χ3v) is 8.51. The van der Waals surface area contributed by atoms with Gasteiger partial charge in [-0.2, -0.15) is 4.31 Å². The Morgan fingerprint density at radius 2 is 1.93 bits per heavy atom. The van der Waals surface area contributed by atoms with E-state index < -0.39 is 15.8 Å². The molecule has 0 saturated carbocycles. The van der Waals surface area contributed by atoms with Crippen molar-refractivity contribution < 1.29 is 17.9 Å². The number of piperidine rings is 1. The monoisotopic (exact) mass is 418 g/mol. The summed E-state index contributed by atoms with van der Waals surface area (Å²) in [6, 6.07) is 14.1. The molecule has 0 aliphatic carbocycles. The standard InChI is InChI=1S/C22H27FN2O3S/c1-17-7-8-20(23)11-21(17)29(27,28)25-10-9-22(16-26)15-24(13-19(22)14-25)12-18-5-3-2-4-6-18/h2-8,11,19,26H,9-10,12-16H2,1H3. The summed E-state index contributed by atoms with van der Waals surface area (Å²) < 4.78 is 41.6. The van der Waals surface area contributed by atoms with Crippen molar-refractivity contribution >= 4 is 10.0 Å². The smallest absolute Gasteiger partial charge is 0.243 e. The molecule has 0 radical (unpaired) electrons. The summed E-state index contributed by atoms with van der Waals surface area (Å²) in [4.78, 5) is 2.34. The van der Waals surface area contributed by atoms with Gasteiger partial charge in [0.25, 0.3) is 0 Å². The second-order valence-electron chi connectivity index (χ2n) is 8.40. The third-order valence-electron chi connectivity index (χ3n) is 6.50. The molecule has 29 heavy (non-hydrogen) atoms. The highest BCUT2D eigenvalue weighted by molar-refractivity contribution is 7.89. The fourth-order valence-corrected chi connectivity index (χ4v) is 6.52. The van der Waals surface area contributed by atoms with E-state index >= 15 is 0 Å². The summed E-state index contributed by atoms with van der Waals surface area (Å²) in [5, 5.41) is 10.2. The molecule has 2 aromatic rings. The lowest BCUT2D eigenvalue weighted by Crippen LogP contribution is -2.50. The van der Waals surface area contributed by atoms with Gasteiger partial charge in [0.1, 0.15) is 5.82 Å². The van der Waals surface area contributed by atoms with E-state index in [0.29, 0.717) is 25.1 Å². The maximum atomic E-state index is 13.7. The lowest BCUT2D eigenvalue weighted by molar-refractivity contribution is 0.0436. The zero-order valence-corrected chi connectivity index (χ0v) is 17.4. The van der Waals surface area contributed by atoms with Crippen LogP contribution in [0.4, 0.5) is 4.39 Å². The van der Waals surface area contributed by atoms with Crippen molar-refractivity contribution in [1.29, 1.82) is 0 Å². The minimum absolute atomic E-state index is 0.0353. The van der Waals surface area contributed by atoms with E-state index in [0.717, 1.165) is 25.7 Å². The molecule has 2 fully saturated rings. The van der Waals surface area contributed by atoms with Crippen LogP contribution in [0.3, 0.4) is 0 Å². The molecule has 0 spiro atoms. The van der Waals surface area contributed by atoms with E-state index in [1.165, 1.54) is 22.0 Å². The number of hydrogen-bond donors (Lipinski definition) is 1. The van der Waals surface area contributed by atoms with Crippen LogP contribution in [0.25, 0.3) is 0 Å². The Bertz CT molecular complexity index is 983. The fourth-order valence-electron chi connectivity index (χ4n) is 4.79. The number of hydrogen-bond acceptors (Lipinski definition) is 4. The van der Waals surface area contributed by atoms with E-state index in [4.69, 9.17) is 0 Å². The summed E-state index contributed by atoms with van der Waals surface area (Å²) in [5.41, 5.74) is 1.47. The van der Waals surface area contributed by atoms with Gasteiger partial charge < -0.3 is 5.11 Å². The van der Waals surface area contributed by atoms with Gasteiger partial charge >= 0.3 is 0 Å². The summed E-state index contributed by atoms with van der Waals surface area (Å²) >= 11 is 0. The van der Waals surface area contributed by atoms with Crippen molar-refractivity contribution in [1.82, 2.24) is 9.21 Å². The summed E-state index contributed by atoms with van der Waals surface area (Å²) in [7, 11) is -3.77. The van der Waals surface area contributed by atoms with Crippen LogP contribution in [0, 0.1) is 24.1 Å². The first-order chi connectivity index (χ1) is 13.8. The van der Waals surface area contributed by atoms with Crippen LogP contribution < -0.4 is 0 Å². The number of likely N-dealkylation sites (tertiary alicyclic amines) is 1. The summed E-state index contributed by atoms with van der Waals surface area (Å²) in [6.45, 7) is 4.72. The Morgan fingerprint density at radius 1 is 1.17 bits per heavy atom. The number of fused-ring (bicyclic) bond motifs is 1. The molecule has 0 aromatic heterocycles. The van der Waals surface area contributed by atoms with Crippen LogP contribution in [-0.2, 0) is 16.6 Å². The Labute approximate surface area is 171 Å². The molecule has 0 bridgehead atoms. The highest BCUT2D eigenvalue weighted by atomic mass is 32.2. The van der Waals surface area contributed by atoms with Gasteiger partial charge in [-0.25, -0.2) is 12.8 Å². The molecule has 2 unspecified atom stereocenters. The molecule has 4 rings (SSSR count). The van der Waals surface area contributed by atoms with Gasteiger partial charge in [-0.3, -0.25) is 4.90 Å². The number of aryl methyl sites for hydroxylation is 1. The van der Waals surface area contributed by atoms with Gasteiger partial charge in [-0.15, -0.1) is 0 Å². The third kappa shape index (κ3) is 3.84. The number of aliphatic hydroxyl groups is 1. The Balaban J connectivity index is 1.54. The highest BCUT2D eigenvalue weighted by Crippen LogP contribution is 2.44. The van der Waals surface area contributed by atoms with Crippen molar-refractivity contribution in [2.24, 2.45) is 11.3 Å². The van der Waals surface area contributed by atoms with Crippen molar-refractivity contribution in [3.8, 4) is 0 Å². The molecule has 2 atom stereocenters. The van der Waals surface area contributed by atoms with E-state index in [1.54, 1.807) is 6.92 Å². The number of nitrogens with zero attached hydrogens (tertiary/aromatic N) is 2. The van der Waals surface area contributed by atoms with Gasteiger partial charge in [0.15, 0.2) is 0 Å². The quantitative estimate of drug-likeness (QED) is 0.811. The van der Waals surface area contributed by atoms with Gasteiger partial charge in [-0.05, 0) is 42.5 Å². The van der Waals surface area contributed by atoms with Crippen LogP contribution in [0.1, 0.15) is 17.5 Å². The maximum Gasteiger partial charge on any atom is 0.243 e. The maximum absolute atomic E-state index is 13.7. The van der Waals surface area contributed by atoms with Gasteiger partial charge in [0.2, 0.25) is 10.0 Å². The van der Waals surface area contributed by atoms with Crippen LogP contribution in [0.15, 0.2) is 53.4 Å². The highest BCUT2D eigenvalue weighted by Gasteiger charge is 2.50. The van der Waals surface area contributed by atoms with Crippen molar-refractivity contribution in [2.45, 2.75) is 24.8 Å². The predicted octanol–water partition coefficient (Wildman–Crippen LogP) is 2.64. The Morgan fingerprint density at radius 3 is 2.66 bits per heavy atom. The number of halogens is 1. The number of rotatable bonds is 5. The van der Waals surface area contributed by atoms with Crippen LogP contribution in [-0.4, -0.2) is 55.5 Å². The van der Waals surface area contributed by atoms with E-state index in [2.05, 4.69) is 17.0 Å².